The van der Waals surface area contributed by atoms with Gasteiger partial charge < -0.3 is 14.2 Å². The van der Waals surface area contributed by atoms with Crippen molar-refractivity contribution in [1.82, 2.24) is 4.98 Å². The minimum atomic E-state index is -0.922. The molecule has 5 rings (SSSR count). The predicted molar refractivity (Wildman–Crippen MR) is 141 cm³/mol. The summed E-state index contributed by atoms with van der Waals surface area (Å²) in [5.74, 6) is 0.633. The molecule has 1 aromatic heterocycles. The Kier molecular flexibility index (Phi) is 5.55. The van der Waals surface area contributed by atoms with E-state index < -0.39 is 11.2 Å². The van der Waals surface area contributed by atoms with E-state index >= 15 is 0 Å². The molecule has 34 heavy (non-hydrogen) atoms. The van der Waals surface area contributed by atoms with Crippen molar-refractivity contribution >= 4 is 34.8 Å². The molecule has 4 aromatic carbocycles. The first-order valence-corrected chi connectivity index (χ1v) is 11.6. The lowest BCUT2D eigenvalue weighted by atomic mass is 9.82. The van der Waals surface area contributed by atoms with Crippen molar-refractivity contribution in [1.29, 1.82) is 0 Å². The molecular weight excluding hydrogens is 421 g/mol. The molecule has 1 N–H and O–H groups in total. The Balaban J connectivity index is 1.35. The summed E-state index contributed by atoms with van der Waals surface area (Å²) in [4.78, 5) is 4.59. The van der Waals surface area contributed by atoms with Gasteiger partial charge in [-0.1, -0.05) is 60.1 Å². The van der Waals surface area contributed by atoms with E-state index in [1.54, 1.807) is 13.8 Å². The molecule has 0 saturated carbocycles. The third kappa shape index (κ3) is 4.37. The average Bonchev–Trinajstić information content (AvgIpc) is 3.26. The monoisotopic (exact) mass is 449 g/mol. The first kappa shape index (κ1) is 22.4. The zero-order valence-electron chi connectivity index (χ0n) is 20.0. The van der Waals surface area contributed by atoms with Crippen LogP contribution in [0.2, 0.25) is 0 Å². The minimum absolute atomic E-state index is 0.450. The van der Waals surface area contributed by atoms with Crippen molar-refractivity contribution in [3.63, 3.8) is 0 Å². The van der Waals surface area contributed by atoms with E-state index in [0.717, 1.165) is 38.6 Å². The molecule has 0 fully saturated rings. The summed E-state index contributed by atoms with van der Waals surface area (Å²) < 4.78 is 11.9. The number of oxazole rings is 1. The van der Waals surface area contributed by atoms with Gasteiger partial charge in [0.25, 0.3) is 0 Å². The highest BCUT2D eigenvalue weighted by molar-refractivity contribution is 6.47. The van der Waals surface area contributed by atoms with Crippen molar-refractivity contribution in [3.8, 4) is 22.6 Å². The number of rotatable bonds is 6. The Morgan fingerprint density at radius 2 is 1.41 bits per heavy atom. The van der Waals surface area contributed by atoms with Gasteiger partial charge in [-0.25, -0.2) is 4.98 Å². The van der Waals surface area contributed by atoms with E-state index in [9.17, 15) is 5.11 Å². The Bertz CT molecular complexity index is 1430. The van der Waals surface area contributed by atoms with Crippen LogP contribution < -0.4 is 5.46 Å². The van der Waals surface area contributed by atoms with Crippen LogP contribution >= 0.6 is 0 Å². The number of hydrogen-bond donors (Lipinski definition) is 1. The first-order chi connectivity index (χ1) is 16.2. The topological polar surface area (TPSA) is 55.5 Å². The highest BCUT2D eigenvalue weighted by Crippen LogP contribution is 2.29. The molecule has 170 valence electrons. The Morgan fingerprint density at radius 3 is 2.15 bits per heavy atom. The van der Waals surface area contributed by atoms with Crippen molar-refractivity contribution in [3.05, 3.63) is 84.9 Å². The van der Waals surface area contributed by atoms with Gasteiger partial charge in [0.2, 0.25) is 5.89 Å². The van der Waals surface area contributed by atoms with E-state index in [1.807, 2.05) is 38.1 Å². The number of benzene rings is 4. The molecule has 1 heterocycles. The Morgan fingerprint density at radius 1 is 0.765 bits per heavy atom. The minimum Gasteiger partial charge on any atom is -0.436 e. The lowest BCUT2D eigenvalue weighted by Crippen LogP contribution is -2.49. The van der Waals surface area contributed by atoms with Gasteiger partial charge in [-0.15, -0.1) is 0 Å². The number of para-hydroxylation sites is 2. The fourth-order valence-corrected chi connectivity index (χ4v) is 3.81. The second-order valence-corrected chi connectivity index (χ2v) is 9.82. The Labute approximate surface area is 200 Å². The summed E-state index contributed by atoms with van der Waals surface area (Å²) in [6.45, 7) is 7.37. The number of nitrogens with zero attached hydrogens (tertiary/aromatic N) is 1. The molecule has 0 aliphatic rings. The summed E-state index contributed by atoms with van der Waals surface area (Å²) in [7, 11) is 0.450. The zero-order valence-corrected chi connectivity index (χ0v) is 20.0. The molecule has 0 aliphatic heterocycles. The van der Waals surface area contributed by atoms with Gasteiger partial charge in [0, 0.05) is 5.56 Å². The van der Waals surface area contributed by atoms with Gasteiger partial charge in [0.1, 0.15) is 5.52 Å². The largest absolute Gasteiger partial charge is 0.436 e. The maximum atomic E-state index is 10.3. The second-order valence-electron chi connectivity index (χ2n) is 9.82. The maximum absolute atomic E-state index is 10.3. The third-order valence-electron chi connectivity index (χ3n) is 6.74. The third-order valence-corrected chi connectivity index (χ3v) is 6.74. The SMILES string of the molecule is CC(C)(O)C(C)(C)OBc1ccc2cc(-c3ccc(-c4nc5ccccc5o4)cc3)ccc2c1. The van der Waals surface area contributed by atoms with Crippen LogP contribution in [0.5, 0.6) is 0 Å². The number of aromatic nitrogens is 1. The van der Waals surface area contributed by atoms with Gasteiger partial charge in [-0.2, -0.15) is 0 Å². The maximum Gasteiger partial charge on any atom is 0.309 e. The quantitative estimate of drug-likeness (QED) is 0.330. The summed E-state index contributed by atoms with van der Waals surface area (Å²) in [6, 6.07) is 29.0. The highest BCUT2D eigenvalue weighted by atomic mass is 16.5. The molecule has 0 radical (unpaired) electrons. The van der Waals surface area contributed by atoms with Crippen molar-refractivity contribution in [2.75, 3.05) is 0 Å². The van der Waals surface area contributed by atoms with Crippen LogP contribution in [0.15, 0.2) is 89.3 Å². The van der Waals surface area contributed by atoms with Gasteiger partial charge in [0.15, 0.2) is 5.58 Å². The van der Waals surface area contributed by atoms with E-state index in [0.29, 0.717) is 13.4 Å². The van der Waals surface area contributed by atoms with E-state index in [-0.39, 0.29) is 0 Å². The number of aliphatic hydroxyl groups is 1. The molecule has 0 atom stereocenters. The van der Waals surface area contributed by atoms with Gasteiger partial charge in [0.05, 0.1) is 11.2 Å². The van der Waals surface area contributed by atoms with Crippen LogP contribution in [-0.2, 0) is 4.65 Å². The standard InChI is InChI=1S/C29H28BNO3/c1-28(2,32)29(3,4)34-30-24-16-15-22-17-21(13-14-23(22)18-24)19-9-11-20(12-10-19)27-31-25-7-5-6-8-26(25)33-27/h5-18,30,32H,1-4H3. The van der Waals surface area contributed by atoms with Crippen LogP contribution in [0.3, 0.4) is 0 Å². The van der Waals surface area contributed by atoms with Gasteiger partial charge in [-0.05, 0) is 79.9 Å². The molecule has 0 spiro atoms. The van der Waals surface area contributed by atoms with Crippen LogP contribution in [0.1, 0.15) is 27.7 Å². The van der Waals surface area contributed by atoms with Crippen LogP contribution in [0, 0.1) is 0 Å². The van der Waals surface area contributed by atoms with E-state index in [2.05, 4.69) is 65.6 Å². The molecule has 0 amide bonds. The van der Waals surface area contributed by atoms with Crippen molar-refractivity contribution in [2.24, 2.45) is 0 Å². The summed E-state index contributed by atoms with van der Waals surface area (Å²) >= 11 is 0. The molecule has 4 nitrogen and oxygen atoms in total. The summed E-state index contributed by atoms with van der Waals surface area (Å²) in [5.41, 5.74) is 4.43. The summed E-state index contributed by atoms with van der Waals surface area (Å²) in [6.07, 6.45) is 0. The predicted octanol–water partition coefficient (Wildman–Crippen LogP) is 5.86. The highest BCUT2D eigenvalue weighted by Gasteiger charge is 2.35. The van der Waals surface area contributed by atoms with E-state index in [4.69, 9.17) is 9.07 Å². The lowest BCUT2D eigenvalue weighted by molar-refractivity contribution is -0.0893. The first-order valence-electron chi connectivity index (χ1n) is 11.6. The van der Waals surface area contributed by atoms with E-state index in [1.165, 1.54) is 5.39 Å². The number of fused-ring (bicyclic) bond motifs is 2. The molecule has 0 unspecified atom stereocenters. The Hall–Kier alpha value is -3.41. The van der Waals surface area contributed by atoms with Gasteiger partial charge >= 0.3 is 7.48 Å². The molecule has 0 saturated heterocycles. The van der Waals surface area contributed by atoms with Crippen molar-refractivity contribution in [2.45, 2.75) is 38.9 Å². The van der Waals surface area contributed by atoms with Crippen LogP contribution in [0.4, 0.5) is 0 Å². The zero-order chi connectivity index (χ0) is 23.9. The fourth-order valence-electron chi connectivity index (χ4n) is 3.81. The van der Waals surface area contributed by atoms with Crippen molar-refractivity contribution < 1.29 is 14.2 Å². The average molecular weight is 449 g/mol. The molecule has 0 aliphatic carbocycles. The van der Waals surface area contributed by atoms with Crippen LogP contribution in [0.25, 0.3) is 44.5 Å². The smallest absolute Gasteiger partial charge is 0.309 e. The van der Waals surface area contributed by atoms with Crippen LogP contribution in [-0.4, -0.2) is 28.8 Å². The molecular formula is C29H28BNO3. The molecule has 5 heteroatoms. The molecule has 5 aromatic rings. The lowest BCUT2D eigenvalue weighted by Gasteiger charge is -2.37. The number of hydrogen-bond acceptors (Lipinski definition) is 4. The second kappa shape index (κ2) is 8.42. The summed E-state index contributed by atoms with van der Waals surface area (Å²) in [5, 5.41) is 12.6. The fraction of sp³-hybridized carbons (Fsp3) is 0.207. The molecule has 0 bridgehead atoms. The normalized spacial score (nSPS) is 12.4. The van der Waals surface area contributed by atoms with Gasteiger partial charge in [-0.3, -0.25) is 0 Å².